The second-order valence-electron chi connectivity index (χ2n) is 6.77. The van der Waals surface area contributed by atoms with Crippen molar-refractivity contribution in [3.63, 3.8) is 0 Å². The molecular formula is C17H26N6O2. The zero-order valence-electron chi connectivity index (χ0n) is 14.9. The van der Waals surface area contributed by atoms with E-state index in [1.807, 2.05) is 24.9 Å². The molecule has 1 aliphatic rings. The molecule has 2 amide bonds. The van der Waals surface area contributed by atoms with Gasteiger partial charge in [0.15, 0.2) is 5.82 Å². The third-order valence-corrected chi connectivity index (χ3v) is 4.51. The molecule has 0 aromatic carbocycles. The van der Waals surface area contributed by atoms with Crippen LogP contribution in [0.1, 0.15) is 68.8 Å². The molecule has 0 radical (unpaired) electrons. The van der Waals surface area contributed by atoms with Crippen LogP contribution < -0.4 is 5.32 Å². The number of urea groups is 1. The number of carbonyl (C=O) groups is 1. The van der Waals surface area contributed by atoms with E-state index >= 15 is 0 Å². The molecule has 0 bridgehead atoms. The number of hydrogen-bond donors (Lipinski definition) is 2. The topological polar surface area (TPSA) is 99.9 Å². The van der Waals surface area contributed by atoms with Crippen LogP contribution in [-0.4, -0.2) is 44.4 Å². The minimum atomic E-state index is -0.0145. The van der Waals surface area contributed by atoms with Crippen molar-refractivity contribution >= 4 is 6.03 Å². The Labute approximate surface area is 147 Å². The monoisotopic (exact) mass is 346 g/mol. The molecule has 8 nitrogen and oxygen atoms in total. The van der Waals surface area contributed by atoms with E-state index in [1.165, 1.54) is 0 Å². The predicted molar refractivity (Wildman–Crippen MR) is 92.0 cm³/mol. The largest absolute Gasteiger partial charge is 0.339 e. The van der Waals surface area contributed by atoms with Crippen molar-refractivity contribution in [2.75, 3.05) is 13.1 Å². The van der Waals surface area contributed by atoms with Gasteiger partial charge in [-0.2, -0.15) is 10.1 Å². The summed E-state index contributed by atoms with van der Waals surface area (Å²) in [5.41, 5.74) is 1.07. The van der Waals surface area contributed by atoms with Crippen LogP contribution in [0.2, 0.25) is 0 Å². The number of nitrogens with zero attached hydrogens (tertiary/aromatic N) is 4. The third kappa shape index (κ3) is 4.37. The van der Waals surface area contributed by atoms with Gasteiger partial charge in [-0.1, -0.05) is 19.0 Å². The van der Waals surface area contributed by atoms with Gasteiger partial charge in [0.25, 0.3) is 0 Å². The van der Waals surface area contributed by atoms with Crippen molar-refractivity contribution in [1.29, 1.82) is 0 Å². The van der Waals surface area contributed by atoms with Crippen LogP contribution in [0.5, 0.6) is 0 Å². The first-order chi connectivity index (χ1) is 12.1. The Morgan fingerprint density at radius 1 is 1.48 bits per heavy atom. The Morgan fingerprint density at radius 2 is 2.36 bits per heavy atom. The van der Waals surface area contributed by atoms with E-state index in [0.717, 1.165) is 43.6 Å². The van der Waals surface area contributed by atoms with Gasteiger partial charge in [-0.25, -0.2) is 4.79 Å². The number of piperidine rings is 1. The zero-order valence-corrected chi connectivity index (χ0v) is 14.9. The quantitative estimate of drug-likeness (QED) is 0.783. The Hall–Kier alpha value is -2.38. The molecule has 1 saturated heterocycles. The van der Waals surface area contributed by atoms with Crippen molar-refractivity contribution in [3.05, 3.63) is 29.7 Å². The van der Waals surface area contributed by atoms with E-state index in [1.54, 1.807) is 6.20 Å². The van der Waals surface area contributed by atoms with Gasteiger partial charge in [0.2, 0.25) is 5.89 Å². The molecule has 2 N–H and O–H groups in total. The number of aryl methyl sites for hydroxylation is 1. The second kappa shape index (κ2) is 8.13. The molecule has 0 saturated carbocycles. The number of aromatic amines is 1. The fourth-order valence-electron chi connectivity index (χ4n) is 3.10. The molecular weight excluding hydrogens is 320 g/mol. The molecule has 0 spiro atoms. The van der Waals surface area contributed by atoms with Crippen LogP contribution in [-0.2, 0) is 6.42 Å². The minimum Gasteiger partial charge on any atom is -0.339 e. The second-order valence-corrected chi connectivity index (χ2v) is 6.77. The average Bonchev–Trinajstić information content (AvgIpc) is 3.30. The molecule has 136 valence electrons. The van der Waals surface area contributed by atoms with E-state index < -0.39 is 0 Å². The zero-order chi connectivity index (χ0) is 17.6. The molecule has 0 unspecified atom stereocenters. The highest BCUT2D eigenvalue weighted by atomic mass is 16.5. The van der Waals surface area contributed by atoms with Gasteiger partial charge in [-0.15, -0.1) is 0 Å². The van der Waals surface area contributed by atoms with Crippen LogP contribution in [0.25, 0.3) is 0 Å². The molecule has 8 heteroatoms. The first kappa shape index (κ1) is 17.4. The number of likely N-dealkylation sites (tertiary alicyclic amines) is 1. The molecule has 0 aliphatic carbocycles. The van der Waals surface area contributed by atoms with E-state index in [9.17, 15) is 4.79 Å². The molecule has 2 aromatic rings. The van der Waals surface area contributed by atoms with Crippen molar-refractivity contribution in [1.82, 2.24) is 30.6 Å². The minimum absolute atomic E-state index is 0.0145. The molecule has 3 rings (SSSR count). The lowest BCUT2D eigenvalue weighted by Gasteiger charge is -2.35. The number of nitrogens with one attached hydrogen (secondary N) is 2. The normalized spacial score (nSPS) is 17.9. The standard InChI is InChI=1S/C17H26N6O2/c1-12(2)16-21-15(25-22-16)7-5-8-18-17(24)23-9-4-3-6-14(23)13-10-19-20-11-13/h10-12,14H,3-9H2,1-2H3,(H,18,24)(H,19,20)/t14-/m0/s1. The van der Waals surface area contributed by atoms with Gasteiger partial charge in [0.05, 0.1) is 12.2 Å². The van der Waals surface area contributed by atoms with E-state index in [-0.39, 0.29) is 18.0 Å². The van der Waals surface area contributed by atoms with E-state index in [0.29, 0.717) is 18.9 Å². The van der Waals surface area contributed by atoms with Gasteiger partial charge in [0.1, 0.15) is 0 Å². The molecule has 1 atom stereocenters. The molecule has 1 fully saturated rings. The van der Waals surface area contributed by atoms with Crippen LogP contribution in [0.4, 0.5) is 4.79 Å². The number of hydrogen-bond acceptors (Lipinski definition) is 5. The molecule has 2 aromatic heterocycles. The number of carbonyl (C=O) groups excluding carboxylic acids is 1. The summed E-state index contributed by atoms with van der Waals surface area (Å²) in [6.07, 6.45) is 8.28. The maximum atomic E-state index is 12.5. The van der Waals surface area contributed by atoms with Crippen LogP contribution in [0.3, 0.4) is 0 Å². The summed E-state index contributed by atoms with van der Waals surface area (Å²) in [6, 6.07) is 0.0938. The first-order valence-electron chi connectivity index (χ1n) is 9.00. The van der Waals surface area contributed by atoms with Gasteiger partial charge in [-0.05, 0) is 25.7 Å². The lowest BCUT2D eigenvalue weighted by molar-refractivity contribution is 0.151. The molecule has 1 aliphatic heterocycles. The summed E-state index contributed by atoms with van der Waals surface area (Å²) in [7, 11) is 0. The van der Waals surface area contributed by atoms with E-state index in [2.05, 4.69) is 25.7 Å². The third-order valence-electron chi connectivity index (χ3n) is 4.51. The fourth-order valence-corrected chi connectivity index (χ4v) is 3.10. The van der Waals surface area contributed by atoms with E-state index in [4.69, 9.17) is 4.52 Å². The van der Waals surface area contributed by atoms with Gasteiger partial charge in [-0.3, -0.25) is 5.10 Å². The smallest absolute Gasteiger partial charge is 0.317 e. The Balaban J connectivity index is 1.46. The van der Waals surface area contributed by atoms with Gasteiger partial charge >= 0.3 is 6.03 Å². The van der Waals surface area contributed by atoms with Crippen molar-refractivity contribution in [3.8, 4) is 0 Å². The van der Waals surface area contributed by atoms with Crippen LogP contribution in [0, 0.1) is 0 Å². The summed E-state index contributed by atoms with van der Waals surface area (Å²) in [5.74, 6) is 1.62. The summed E-state index contributed by atoms with van der Waals surface area (Å²) in [4.78, 5) is 18.8. The maximum Gasteiger partial charge on any atom is 0.317 e. The SMILES string of the molecule is CC(C)c1noc(CCCNC(=O)N2CCCC[C@H]2c2cn[nH]c2)n1. The lowest BCUT2D eigenvalue weighted by Crippen LogP contribution is -2.44. The predicted octanol–water partition coefficient (Wildman–Crippen LogP) is 2.79. The van der Waals surface area contributed by atoms with Gasteiger partial charge < -0.3 is 14.7 Å². The number of rotatable bonds is 6. The highest BCUT2D eigenvalue weighted by Crippen LogP contribution is 2.30. The average molecular weight is 346 g/mol. The van der Waals surface area contributed by atoms with Crippen molar-refractivity contribution in [2.45, 2.75) is 57.9 Å². The lowest BCUT2D eigenvalue weighted by atomic mass is 9.98. The summed E-state index contributed by atoms with van der Waals surface area (Å²) < 4.78 is 5.22. The van der Waals surface area contributed by atoms with Crippen molar-refractivity contribution in [2.24, 2.45) is 0 Å². The molecule has 25 heavy (non-hydrogen) atoms. The number of amides is 2. The highest BCUT2D eigenvalue weighted by Gasteiger charge is 2.28. The van der Waals surface area contributed by atoms with Crippen LogP contribution in [0.15, 0.2) is 16.9 Å². The maximum absolute atomic E-state index is 12.5. The Kier molecular flexibility index (Phi) is 5.67. The Bertz CT molecular complexity index is 666. The summed E-state index contributed by atoms with van der Waals surface area (Å²) in [5, 5.41) is 13.8. The number of H-pyrrole nitrogens is 1. The van der Waals surface area contributed by atoms with Crippen LogP contribution >= 0.6 is 0 Å². The van der Waals surface area contributed by atoms with Crippen molar-refractivity contribution < 1.29 is 9.32 Å². The highest BCUT2D eigenvalue weighted by molar-refractivity contribution is 5.74. The van der Waals surface area contributed by atoms with Gasteiger partial charge in [0, 0.05) is 37.2 Å². The fraction of sp³-hybridized carbons (Fsp3) is 0.647. The number of aromatic nitrogens is 4. The first-order valence-corrected chi connectivity index (χ1v) is 9.00. The molecule has 3 heterocycles. The summed E-state index contributed by atoms with van der Waals surface area (Å²) in [6.45, 7) is 5.43. The Morgan fingerprint density at radius 3 is 3.08 bits per heavy atom. The summed E-state index contributed by atoms with van der Waals surface area (Å²) >= 11 is 0.